The van der Waals surface area contributed by atoms with Crippen LogP contribution in [-0.2, 0) is 4.79 Å². The molecule has 0 unspecified atom stereocenters. The molecule has 1 fully saturated rings. The monoisotopic (exact) mass is 257 g/mol. The molecule has 2 rings (SSSR count). The molecule has 3 nitrogen and oxygen atoms in total. The van der Waals surface area contributed by atoms with E-state index in [1.54, 1.807) is 0 Å². The van der Waals surface area contributed by atoms with Gasteiger partial charge in [0.1, 0.15) is 0 Å². The fraction of sp³-hybridized carbons (Fsp3) is 0.300. The molecule has 4 heteroatoms. The number of carbonyl (C=O) groups excluding carboxylic acids is 1. The summed E-state index contributed by atoms with van der Waals surface area (Å²) in [6, 6.07) is 8.15. The van der Waals surface area contributed by atoms with E-state index in [9.17, 15) is 4.79 Å². The van der Waals surface area contributed by atoms with Crippen LogP contribution in [0.25, 0.3) is 0 Å². The maximum Gasteiger partial charge on any atom is 0.220 e. The third-order valence-electron chi connectivity index (χ3n) is 2.32. The SMILES string of the molecule is O.O=C1C[C@H](c2ccc(Br)cc2)CN1. The highest BCUT2D eigenvalue weighted by Crippen LogP contribution is 2.24. The van der Waals surface area contributed by atoms with Gasteiger partial charge in [0.25, 0.3) is 0 Å². The van der Waals surface area contributed by atoms with Crippen LogP contribution in [0.5, 0.6) is 0 Å². The van der Waals surface area contributed by atoms with Gasteiger partial charge in [-0.3, -0.25) is 4.79 Å². The van der Waals surface area contributed by atoms with Crippen LogP contribution in [0.1, 0.15) is 17.9 Å². The predicted octanol–water partition coefficient (Wildman–Crippen LogP) is 1.23. The average Bonchev–Trinajstić information content (AvgIpc) is 2.53. The Morgan fingerprint density at radius 1 is 1.29 bits per heavy atom. The Morgan fingerprint density at radius 3 is 2.43 bits per heavy atom. The van der Waals surface area contributed by atoms with Gasteiger partial charge in [-0.2, -0.15) is 0 Å². The standard InChI is InChI=1S/C10H10BrNO.H2O/c11-9-3-1-7(2-4-9)8-5-10(13)12-6-8;/h1-4,8H,5-6H2,(H,12,13);1H2/t8-;/m0./s1. The first-order chi connectivity index (χ1) is 6.25. The number of benzene rings is 1. The van der Waals surface area contributed by atoms with Crippen LogP contribution in [-0.4, -0.2) is 17.9 Å². The molecule has 1 aromatic carbocycles. The molecule has 3 N–H and O–H groups in total. The molecule has 1 aliphatic rings. The largest absolute Gasteiger partial charge is 0.412 e. The van der Waals surface area contributed by atoms with Crippen LogP contribution in [0.4, 0.5) is 0 Å². The summed E-state index contributed by atoms with van der Waals surface area (Å²) < 4.78 is 1.08. The zero-order valence-electron chi connectivity index (χ0n) is 7.59. The zero-order valence-corrected chi connectivity index (χ0v) is 9.17. The molecule has 0 saturated carbocycles. The quantitative estimate of drug-likeness (QED) is 0.809. The van der Waals surface area contributed by atoms with Gasteiger partial charge in [-0.1, -0.05) is 28.1 Å². The molecule has 1 heterocycles. The van der Waals surface area contributed by atoms with Crippen molar-refractivity contribution in [3.05, 3.63) is 34.3 Å². The van der Waals surface area contributed by atoms with Crippen LogP contribution < -0.4 is 5.32 Å². The molecule has 1 atom stereocenters. The van der Waals surface area contributed by atoms with E-state index in [2.05, 4.69) is 33.4 Å². The topological polar surface area (TPSA) is 60.6 Å². The molecule has 1 amide bonds. The second kappa shape index (κ2) is 4.57. The minimum Gasteiger partial charge on any atom is -0.412 e. The Balaban J connectivity index is 0.000000980. The second-order valence-corrected chi connectivity index (χ2v) is 4.17. The van der Waals surface area contributed by atoms with Crippen molar-refractivity contribution in [2.45, 2.75) is 12.3 Å². The van der Waals surface area contributed by atoms with E-state index >= 15 is 0 Å². The summed E-state index contributed by atoms with van der Waals surface area (Å²) >= 11 is 3.38. The lowest BCUT2D eigenvalue weighted by atomic mass is 9.99. The molecule has 1 aromatic rings. The molecule has 0 radical (unpaired) electrons. The lowest BCUT2D eigenvalue weighted by molar-refractivity contribution is -0.119. The smallest absolute Gasteiger partial charge is 0.220 e. The van der Waals surface area contributed by atoms with Crippen LogP contribution in [0, 0.1) is 0 Å². The Kier molecular flexibility index (Phi) is 3.66. The number of hydrogen-bond acceptors (Lipinski definition) is 1. The first-order valence-electron chi connectivity index (χ1n) is 4.28. The number of carbonyl (C=O) groups is 1. The summed E-state index contributed by atoms with van der Waals surface area (Å²) in [6.45, 7) is 0.778. The number of hydrogen-bond donors (Lipinski definition) is 1. The first kappa shape index (κ1) is 11.2. The van der Waals surface area contributed by atoms with E-state index in [0.717, 1.165) is 11.0 Å². The van der Waals surface area contributed by atoms with Gasteiger partial charge >= 0.3 is 0 Å². The fourth-order valence-electron chi connectivity index (χ4n) is 1.58. The maximum atomic E-state index is 11.0. The number of rotatable bonds is 1. The summed E-state index contributed by atoms with van der Waals surface area (Å²) in [6.07, 6.45) is 0.627. The molecular weight excluding hydrogens is 246 g/mol. The van der Waals surface area contributed by atoms with E-state index in [4.69, 9.17) is 0 Å². The van der Waals surface area contributed by atoms with Gasteiger partial charge < -0.3 is 10.8 Å². The van der Waals surface area contributed by atoms with Crippen molar-refractivity contribution in [2.75, 3.05) is 6.54 Å². The first-order valence-corrected chi connectivity index (χ1v) is 5.07. The highest BCUT2D eigenvalue weighted by Gasteiger charge is 2.22. The van der Waals surface area contributed by atoms with E-state index in [1.807, 2.05) is 12.1 Å². The van der Waals surface area contributed by atoms with Crippen molar-refractivity contribution in [3.8, 4) is 0 Å². The predicted molar refractivity (Wildman–Crippen MR) is 58.1 cm³/mol. The Bertz CT molecular complexity index is 323. The third-order valence-corrected chi connectivity index (χ3v) is 2.85. The van der Waals surface area contributed by atoms with Crippen molar-refractivity contribution >= 4 is 21.8 Å². The highest BCUT2D eigenvalue weighted by atomic mass is 79.9. The summed E-state index contributed by atoms with van der Waals surface area (Å²) in [5.41, 5.74) is 1.24. The van der Waals surface area contributed by atoms with E-state index in [-0.39, 0.29) is 11.4 Å². The van der Waals surface area contributed by atoms with Crippen LogP contribution in [0.3, 0.4) is 0 Å². The molecule has 14 heavy (non-hydrogen) atoms. The van der Waals surface area contributed by atoms with E-state index in [1.165, 1.54) is 5.56 Å². The van der Waals surface area contributed by atoms with Crippen molar-refractivity contribution in [3.63, 3.8) is 0 Å². The van der Waals surface area contributed by atoms with Crippen LogP contribution >= 0.6 is 15.9 Å². The van der Waals surface area contributed by atoms with Crippen molar-refractivity contribution in [2.24, 2.45) is 0 Å². The molecule has 76 valence electrons. The summed E-state index contributed by atoms with van der Waals surface area (Å²) in [7, 11) is 0. The molecule has 1 saturated heterocycles. The minimum absolute atomic E-state index is 0. The van der Waals surface area contributed by atoms with E-state index in [0.29, 0.717) is 12.3 Å². The van der Waals surface area contributed by atoms with Crippen molar-refractivity contribution < 1.29 is 10.3 Å². The van der Waals surface area contributed by atoms with Crippen molar-refractivity contribution in [1.29, 1.82) is 0 Å². The lowest BCUT2D eigenvalue weighted by Crippen LogP contribution is -2.13. The number of halogens is 1. The van der Waals surface area contributed by atoms with Crippen molar-refractivity contribution in [1.82, 2.24) is 5.32 Å². The average molecular weight is 258 g/mol. The van der Waals surface area contributed by atoms with Gasteiger partial charge in [-0.05, 0) is 17.7 Å². The number of amides is 1. The Hall–Kier alpha value is -0.870. The van der Waals surface area contributed by atoms with Crippen LogP contribution in [0.15, 0.2) is 28.7 Å². The van der Waals surface area contributed by atoms with Gasteiger partial charge in [0.05, 0.1) is 0 Å². The summed E-state index contributed by atoms with van der Waals surface area (Å²) in [5.74, 6) is 0.522. The van der Waals surface area contributed by atoms with Gasteiger partial charge in [0, 0.05) is 23.4 Å². The molecule has 0 bridgehead atoms. The second-order valence-electron chi connectivity index (χ2n) is 3.26. The molecule has 0 aliphatic carbocycles. The molecule has 0 spiro atoms. The van der Waals surface area contributed by atoms with Gasteiger partial charge in [-0.25, -0.2) is 0 Å². The molecule has 0 aromatic heterocycles. The minimum atomic E-state index is 0. The summed E-state index contributed by atoms with van der Waals surface area (Å²) in [5, 5.41) is 2.83. The summed E-state index contributed by atoms with van der Waals surface area (Å²) in [4.78, 5) is 11.0. The third kappa shape index (κ3) is 2.33. The van der Waals surface area contributed by atoms with E-state index < -0.39 is 0 Å². The molecule has 1 aliphatic heterocycles. The normalized spacial score (nSPS) is 20.1. The van der Waals surface area contributed by atoms with Gasteiger partial charge in [0.2, 0.25) is 5.91 Å². The zero-order chi connectivity index (χ0) is 9.26. The fourth-order valence-corrected chi connectivity index (χ4v) is 1.84. The number of nitrogens with one attached hydrogen (secondary N) is 1. The Morgan fingerprint density at radius 2 is 1.93 bits per heavy atom. The van der Waals surface area contributed by atoms with Gasteiger partial charge in [0.15, 0.2) is 0 Å². The lowest BCUT2D eigenvalue weighted by Gasteiger charge is -2.06. The Labute approximate surface area is 90.9 Å². The van der Waals surface area contributed by atoms with Crippen LogP contribution in [0.2, 0.25) is 0 Å². The highest BCUT2D eigenvalue weighted by molar-refractivity contribution is 9.10. The maximum absolute atomic E-state index is 11.0. The molecular formula is C10H12BrNO2. The van der Waals surface area contributed by atoms with Gasteiger partial charge in [-0.15, -0.1) is 0 Å².